The van der Waals surface area contributed by atoms with Crippen LogP contribution in [-0.2, 0) is 19.1 Å². The number of halogens is 2. The number of fused-ring (bicyclic) bond motifs is 6. The molecular formula is C29H21ClFN3O5S. The first-order valence-electron chi connectivity index (χ1n) is 12.8. The second-order valence-electron chi connectivity index (χ2n) is 10.7. The molecule has 4 heterocycles. The molecule has 40 heavy (non-hydrogen) atoms. The van der Waals surface area contributed by atoms with Crippen LogP contribution in [-0.4, -0.2) is 65.3 Å². The number of hydrogen-bond acceptors (Lipinski definition) is 8. The van der Waals surface area contributed by atoms with E-state index < -0.39 is 35.9 Å². The lowest BCUT2D eigenvalue weighted by molar-refractivity contribution is -0.147. The summed E-state index contributed by atoms with van der Waals surface area (Å²) in [6.07, 6.45) is 5.52. The number of rotatable bonds is 4. The number of benzene rings is 1. The van der Waals surface area contributed by atoms with Gasteiger partial charge in [-0.25, -0.2) is 9.37 Å². The highest BCUT2D eigenvalue weighted by Crippen LogP contribution is 2.62. The number of carbonyl (C=O) groups is 4. The van der Waals surface area contributed by atoms with E-state index in [1.165, 1.54) is 23.6 Å². The molecule has 3 aliphatic heterocycles. The molecule has 1 amide bonds. The molecule has 1 saturated heterocycles. The van der Waals surface area contributed by atoms with Crippen LogP contribution < -0.4 is 0 Å². The molecule has 5 aliphatic rings. The van der Waals surface area contributed by atoms with Crippen molar-refractivity contribution >= 4 is 62.8 Å². The number of nitrogens with zero attached hydrogens (tertiary/aromatic N) is 3. The Morgan fingerprint density at radius 3 is 2.85 bits per heavy atom. The third-order valence-corrected chi connectivity index (χ3v) is 9.45. The number of esters is 1. The topological polar surface area (TPSA) is 106 Å². The third kappa shape index (κ3) is 3.92. The van der Waals surface area contributed by atoms with Gasteiger partial charge in [0.25, 0.3) is 0 Å². The quantitative estimate of drug-likeness (QED) is 0.397. The number of Topliss-reactive ketones (excluding diaryl/α,β-unsaturated/α-hetero) is 1. The summed E-state index contributed by atoms with van der Waals surface area (Å²) in [4.78, 5) is 62.6. The molecule has 1 spiro atoms. The zero-order valence-corrected chi connectivity index (χ0v) is 22.6. The van der Waals surface area contributed by atoms with Gasteiger partial charge in [-0.3, -0.25) is 24.2 Å². The van der Waals surface area contributed by atoms with Crippen molar-refractivity contribution in [3.8, 4) is 0 Å². The Balaban J connectivity index is 1.27. The van der Waals surface area contributed by atoms with Gasteiger partial charge in [0, 0.05) is 41.8 Å². The summed E-state index contributed by atoms with van der Waals surface area (Å²) in [6.45, 7) is -0.404. The summed E-state index contributed by atoms with van der Waals surface area (Å²) in [5.41, 5.74) is 3.72. The van der Waals surface area contributed by atoms with Gasteiger partial charge in [-0.1, -0.05) is 11.6 Å². The number of thiazole rings is 1. The van der Waals surface area contributed by atoms with Gasteiger partial charge in [0.1, 0.15) is 11.7 Å². The summed E-state index contributed by atoms with van der Waals surface area (Å²) >= 11 is 7.87. The van der Waals surface area contributed by atoms with Gasteiger partial charge in [0.05, 0.1) is 33.3 Å². The number of ether oxygens (including phenoxy) is 1. The second kappa shape index (κ2) is 9.14. The molecular weight excluding hydrogens is 557 g/mol. The van der Waals surface area contributed by atoms with Crippen molar-refractivity contribution in [2.24, 2.45) is 16.3 Å². The maximum Gasteiger partial charge on any atom is 0.315 e. The van der Waals surface area contributed by atoms with Crippen molar-refractivity contribution in [3.05, 3.63) is 74.6 Å². The van der Waals surface area contributed by atoms with Gasteiger partial charge in [0.15, 0.2) is 18.2 Å². The molecule has 11 heteroatoms. The van der Waals surface area contributed by atoms with Crippen LogP contribution in [0, 0.1) is 11.3 Å². The van der Waals surface area contributed by atoms with Gasteiger partial charge in [-0.2, -0.15) is 0 Å². The summed E-state index contributed by atoms with van der Waals surface area (Å²) in [7, 11) is 0. The van der Waals surface area contributed by atoms with E-state index >= 15 is 4.39 Å². The molecule has 0 N–H and O–H groups in total. The predicted octanol–water partition coefficient (Wildman–Crippen LogP) is 4.27. The number of amides is 1. The SMILES string of the molecule is O=C1C=C(F)C2=C(Cl)C=NCC3=C(C2=C1)C(C(=O)OCC(=O)c1ccc2scnc2c1)CN1C(=O)CC2(CC2)C31. The highest BCUT2D eigenvalue weighted by molar-refractivity contribution is 7.16. The zero-order valence-electron chi connectivity index (χ0n) is 21.0. The second-order valence-corrected chi connectivity index (χ2v) is 12.0. The fraction of sp³-hybridized carbons (Fsp3) is 0.310. The average molecular weight is 578 g/mol. The number of aliphatic imine (C=N–C) groups is 1. The maximum absolute atomic E-state index is 15.2. The Morgan fingerprint density at radius 1 is 1.23 bits per heavy atom. The molecule has 2 unspecified atom stereocenters. The van der Waals surface area contributed by atoms with E-state index in [1.807, 2.05) is 0 Å². The lowest BCUT2D eigenvalue weighted by Crippen LogP contribution is -2.49. The molecule has 2 aromatic rings. The van der Waals surface area contributed by atoms with E-state index in [4.69, 9.17) is 16.3 Å². The van der Waals surface area contributed by atoms with Crippen LogP contribution in [0.25, 0.3) is 10.2 Å². The highest BCUT2D eigenvalue weighted by Gasteiger charge is 2.62. The predicted molar refractivity (Wildman–Crippen MR) is 146 cm³/mol. The molecule has 202 valence electrons. The Bertz CT molecular complexity index is 1710. The normalized spacial score (nSPS) is 24.8. The largest absolute Gasteiger partial charge is 0.457 e. The van der Waals surface area contributed by atoms with Crippen LogP contribution in [0.2, 0.25) is 0 Å². The lowest BCUT2D eigenvalue weighted by Gasteiger charge is -2.41. The van der Waals surface area contributed by atoms with Crippen LogP contribution in [0.5, 0.6) is 0 Å². The van der Waals surface area contributed by atoms with Crippen molar-refractivity contribution in [1.29, 1.82) is 0 Å². The number of allylic oxidation sites excluding steroid dienone is 6. The first kappa shape index (κ1) is 25.2. The molecule has 0 radical (unpaired) electrons. The summed E-state index contributed by atoms with van der Waals surface area (Å²) in [6, 6.07) is 4.77. The average Bonchev–Trinajstić information content (AvgIpc) is 3.42. The summed E-state index contributed by atoms with van der Waals surface area (Å²) in [5.74, 6) is -3.68. The lowest BCUT2D eigenvalue weighted by atomic mass is 9.74. The van der Waals surface area contributed by atoms with E-state index in [0.29, 0.717) is 28.6 Å². The first-order valence-corrected chi connectivity index (χ1v) is 14.1. The van der Waals surface area contributed by atoms with Crippen molar-refractivity contribution in [1.82, 2.24) is 9.88 Å². The summed E-state index contributed by atoms with van der Waals surface area (Å²) < 4.78 is 21.7. The molecule has 2 atom stereocenters. The minimum absolute atomic E-state index is 0.00448. The molecule has 0 bridgehead atoms. The van der Waals surface area contributed by atoms with Gasteiger partial charge >= 0.3 is 5.97 Å². The van der Waals surface area contributed by atoms with E-state index in [1.54, 1.807) is 28.6 Å². The molecule has 7 rings (SSSR count). The Labute approximate surface area is 236 Å². The molecule has 2 fully saturated rings. The highest BCUT2D eigenvalue weighted by atomic mass is 35.5. The van der Waals surface area contributed by atoms with Gasteiger partial charge in [0.2, 0.25) is 5.91 Å². The molecule has 1 aromatic carbocycles. The van der Waals surface area contributed by atoms with Crippen LogP contribution in [0.15, 0.2) is 74.0 Å². The van der Waals surface area contributed by atoms with Crippen molar-refractivity contribution in [2.75, 3.05) is 19.7 Å². The maximum atomic E-state index is 15.2. The fourth-order valence-electron chi connectivity index (χ4n) is 6.41. The van der Waals surface area contributed by atoms with Gasteiger partial charge in [-0.15, -0.1) is 11.3 Å². The number of carbonyl (C=O) groups excluding carboxylic acids is 4. The molecule has 2 aliphatic carbocycles. The molecule has 1 aromatic heterocycles. The van der Waals surface area contributed by atoms with Crippen molar-refractivity contribution < 1.29 is 28.3 Å². The first-order chi connectivity index (χ1) is 19.3. The summed E-state index contributed by atoms with van der Waals surface area (Å²) in [5, 5.41) is 0.00448. The van der Waals surface area contributed by atoms with E-state index in [0.717, 1.165) is 23.6 Å². The third-order valence-electron chi connectivity index (χ3n) is 8.35. The zero-order chi connectivity index (χ0) is 27.8. The molecule has 8 nitrogen and oxygen atoms in total. The van der Waals surface area contributed by atoms with Gasteiger partial charge in [-0.05, 0) is 53.8 Å². The standard InChI is InChI=1S/C29H21ClFN3O5S/c30-19-10-32-9-17-25(16-6-15(35)7-20(31)26(16)19)18(11-34-24(37)8-29(3-4-29)27(17)34)28(38)39-12-22(36)14-1-2-23-21(5-14)33-13-40-23/h1-2,5-7,10,13,18,27H,3-4,8-9,11-12H2. The van der Waals surface area contributed by atoms with Crippen LogP contribution in [0.1, 0.15) is 29.6 Å². The van der Waals surface area contributed by atoms with E-state index in [2.05, 4.69) is 9.98 Å². The Hall–Kier alpha value is -3.76. The fourth-order valence-corrected chi connectivity index (χ4v) is 7.33. The monoisotopic (exact) mass is 577 g/mol. The van der Waals surface area contributed by atoms with Crippen molar-refractivity contribution in [3.63, 3.8) is 0 Å². The van der Waals surface area contributed by atoms with Crippen LogP contribution in [0.4, 0.5) is 4.39 Å². The van der Waals surface area contributed by atoms with Crippen molar-refractivity contribution in [2.45, 2.75) is 25.3 Å². The Morgan fingerprint density at radius 2 is 2.05 bits per heavy atom. The number of aromatic nitrogens is 1. The van der Waals surface area contributed by atoms with Crippen LogP contribution in [0.3, 0.4) is 0 Å². The van der Waals surface area contributed by atoms with Crippen LogP contribution >= 0.6 is 22.9 Å². The Kier molecular flexibility index (Phi) is 5.76. The number of ketones is 2. The van der Waals surface area contributed by atoms with E-state index in [-0.39, 0.29) is 46.6 Å². The number of hydrogen-bond donors (Lipinski definition) is 0. The van der Waals surface area contributed by atoms with E-state index in [9.17, 15) is 19.2 Å². The minimum atomic E-state index is -1.06. The van der Waals surface area contributed by atoms with Gasteiger partial charge < -0.3 is 9.64 Å². The smallest absolute Gasteiger partial charge is 0.315 e. The molecule has 1 saturated carbocycles. The minimum Gasteiger partial charge on any atom is -0.457 e.